The third-order valence-electron chi connectivity index (χ3n) is 4.53. The van der Waals surface area contributed by atoms with Crippen LogP contribution in [0.3, 0.4) is 0 Å². The number of aryl methyl sites for hydroxylation is 1. The summed E-state index contributed by atoms with van der Waals surface area (Å²) in [6.45, 7) is 1.90. The van der Waals surface area contributed by atoms with Crippen LogP contribution in [0.1, 0.15) is 22.9 Å². The smallest absolute Gasteiger partial charge is 0.147 e. The Labute approximate surface area is 172 Å². The average molecular weight is 410 g/mol. The molecule has 0 saturated heterocycles. The van der Waals surface area contributed by atoms with Gasteiger partial charge in [-0.05, 0) is 48.9 Å². The largest absolute Gasteiger partial charge is 0.505 e. The van der Waals surface area contributed by atoms with E-state index in [1.54, 1.807) is 30.6 Å². The topological polar surface area (TPSA) is 58.0 Å². The van der Waals surface area contributed by atoms with E-state index in [2.05, 4.69) is 15.3 Å². The molecule has 1 atom stereocenters. The van der Waals surface area contributed by atoms with E-state index in [4.69, 9.17) is 23.2 Å². The monoisotopic (exact) mass is 409 g/mol. The van der Waals surface area contributed by atoms with Crippen molar-refractivity contribution in [1.82, 2.24) is 9.97 Å². The first-order valence-electron chi connectivity index (χ1n) is 8.73. The molecule has 4 rings (SSSR count). The summed E-state index contributed by atoms with van der Waals surface area (Å²) in [6.07, 6.45) is 3.44. The SMILES string of the molecule is Cc1ccc2ccc(C(Nc3cc(Cl)cc(Cl)c3)c3ccncc3)c(O)c2n1. The van der Waals surface area contributed by atoms with E-state index in [9.17, 15) is 5.11 Å². The van der Waals surface area contributed by atoms with Crippen molar-refractivity contribution in [2.75, 3.05) is 5.32 Å². The highest BCUT2D eigenvalue weighted by Crippen LogP contribution is 2.37. The number of anilines is 1. The first-order chi connectivity index (χ1) is 13.5. The van der Waals surface area contributed by atoms with Gasteiger partial charge in [-0.2, -0.15) is 0 Å². The van der Waals surface area contributed by atoms with Crippen LogP contribution < -0.4 is 5.32 Å². The number of halogens is 2. The quantitative estimate of drug-likeness (QED) is 0.424. The predicted octanol–water partition coefficient (Wildman–Crippen LogP) is 6.15. The van der Waals surface area contributed by atoms with Gasteiger partial charge >= 0.3 is 0 Å². The minimum absolute atomic E-state index is 0.142. The van der Waals surface area contributed by atoms with E-state index in [0.29, 0.717) is 21.1 Å². The standard InChI is InChI=1S/C22H17Cl2N3O/c1-13-2-3-14-4-5-19(22(28)21(14)26-13)20(15-6-8-25-9-7-15)27-18-11-16(23)10-17(24)12-18/h2-12,20,27-28H,1H3. The highest BCUT2D eigenvalue weighted by atomic mass is 35.5. The molecule has 0 amide bonds. The molecule has 1 unspecified atom stereocenters. The predicted molar refractivity (Wildman–Crippen MR) is 114 cm³/mol. The minimum Gasteiger partial charge on any atom is -0.505 e. The number of rotatable bonds is 4. The van der Waals surface area contributed by atoms with Crippen LogP contribution in [0.25, 0.3) is 10.9 Å². The first-order valence-corrected chi connectivity index (χ1v) is 9.48. The molecule has 0 aliphatic rings. The number of aromatic nitrogens is 2. The molecule has 0 saturated carbocycles. The second kappa shape index (κ2) is 7.66. The molecule has 0 aliphatic heterocycles. The van der Waals surface area contributed by atoms with Crippen molar-refractivity contribution in [3.05, 3.63) is 93.9 Å². The molecule has 2 heterocycles. The third kappa shape index (κ3) is 3.75. The lowest BCUT2D eigenvalue weighted by molar-refractivity contribution is 0.471. The number of pyridine rings is 2. The Morgan fingerprint density at radius 2 is 1.61 bits per heavy atom. The van der Waals surface area contributed by atoms with Gasteiger partial charge < -0.3 is 10.4 Å². The third-order valence-corrected chi connectivity index (χ3v) is 4.97. The zero-order valence-electron chi connectivity index (χ0n) is 15.0. The number of fused-ring (bicyclic) bond motifs is 1. The summed E-state index contributed by atoms with van der Waals surface area (Å²) in [7, 11) is 0. The molecular formula is C22H17Cl2N3O. The van der Waals surface area contributed by atoms with Crippen molar-refractivity contribution < 1.29 is 5.11 Å². The summed E-state index contributed by atoms with van der Waals surface area (Å²) in [5.41, 5.74) is 3.80. The fourth-order valence-corrected chi connectivity index (χ4v) is 3.75. The van der Waals surface area contributed by atoms with Crippen molar-refractivity contribution in [2.45, 2.75) is 13.0 Å². The molecule has 6 heteroatoms. The molecule has 0 radical (unpaired) electrons. The molecule has 0 bridgehead atoms. The molecule has 0 aliphatic carbocycles. The van der Waals surface area contributed by atoms with E-state index in [0.717, 1.165) is 22.3 Å². The number of benzene rings is 2. The maximum absolute atomic E-state index is 11.0. The molecular weight excluding hydrogens is 393 g/mol. The molecule has 140 valence electrons. The summed E-state index contributed by atoms with van der Waals surface area (Å²) >= 11 is 12.3. The average Bonchev–Trinajstić information content (AvgIpc) is 2.67. The number of hydrogen-bond acceptors (Lipinski definition) is 4. The van der Waals surface area contributed by atoms with Crippen LogP contribution in [0.4, 0.5) is 5.69 Å². The first kappa shape index (κ1) is 18.5. The van der Waals surface area contributed by atoms with E-state index < -0.39 is 0 Å². The van der Waals surface area contributed by atoms with Crippen molar-refractivity contribution in [2.24, 2.45) is 0 Å². The fraction of sp³-hybridized carbons (Fsp3) is 0.0909. The van der Waals surface area contributed by atoms with Gasteiger partial charge in [-0.3, -0.25) is 4.98 Å². The fourth-order valence-electron chi connectivity index (χ4n) is 3.22. The Morgan fingerprint density at radius 1 is 0.929 bits per heavy atom. The number of nitrogens with one attached hydrogen (secondary N) is 1. The summed E-state index contributed by atoms with van der Waals surface area (Å²) in [5.74, 6) is 0.142. The zero-order chi connectivity index (χ0) is 19.7. The Kier molecular flexibility index (Phi) is 5.07. The van der Waals surface area contributed by atoms with Crippen molar-refractivity contribution in [3.8, 4) is 5.75 Å². The lowest BCUT2D eigenvalue weighted by Crippen LogP contribution is -2.13. The molecule has 0 fully saturated rings. The minimum atomic E-state index is -0.343. The molecule has 2 aromatic carbocycles. The molecule has 4 nitrogen and oxygen atoms in total. The highest BCUT2D eigenvalue weighted by Gasteiger charge is 2.20. The summed E-state index contributed by atoms with van der Waals surface area (Å²) in [4.78, 5) is 8.61. The number of aromatic hydroxyl groups is 1. The van der Waals surface area contributed by atoms with Gasteiger partial charge in [0.2, 0.25) is 0 Å². The Morgan fingerprint density at radius 3 is 2.32 bits per heavy atom. The lowest BCUT2D eigenvalue weighted by atomic mass is 9.96. The maximum Gasteiger partial charge on any atom is 0.147 e. The summed E-state index contributed by atoms with van der Waals surface area (Å²) in [6, 6.07) is 16.5. The van der Waals surface area contributed by atoms with Crippen LogP contribution in [-0.4, -0.2) is 15.1 Å². The number of nitrogens with zero attached hydrogens (tertiary/aromatic N) is 2. The van der Waals surface area contributed by atoms with Crippen LogP contribution in [0.15, 0.2) is 67.0 Å². The van der Waals surface area contributed by atoms with Crippen LogP contribution >= 0.6 is 23.2 Å². The Balaban J connectivity index is 1.86. The van der Waals surface area contributed by atoms with Gasteiger partial charge in [-0.25, -0.2) is 4.98 Å². The normalized spacial score (nSPS) is 12.1. The van der Waals surface area contributed by atoms with Gasteiger partial charge in [-0.1, -0.05) is 41.4 Å². The zero-order valence-corrected chi connectivity index (χ0v) is 16.5. The van der Waals surface area contributed by atoms with Crippen LogP contribution in [0.2, 0.25) is 10.0 Å². The van der Waals surface area contributed by atoms with E-state index in [-0.39, 0.29) is 11.8 Å². The van der Waals surface area contributed by atoms with Gasteiger partial charge in [0.25, 0.3) is 0 Å². The second-order valence-electron chi connectivity index (χ2n) is 6.54. The number of phenols is 1. The maximum atomic E-state index is 11.0. The van der Waals surface area contributed by atoms with Crippen molar-refractivity contribution in [1.29, 1.82) is 0 Å². The van der Waals surface area contributed by atoms with Gasteiger partial charge in [0.1, 0.15) is 11.3 Å². The molecule has 28 heavy (non-hydrogen) atoms. The summed E-state index contributed by atoms with van der Waals surface area (Å²) < 4.78 is 0. The lowest BCUT2D eigenvalue weighted by Gasteiger charge is -2.22. The molecule has 2 N–H and O–H groups in total. The van der Waals surface area contributed by atoms with Crippen molar-refractivity contribution >= 4 is 39.8 Å². The Bertz CT molecular complexity index is 1130. The van der Waals surface area contributed by atoms with Crippen LogP contribution in [0, 0.1) is 6.92 Å². The second-order valence-corrected chi connectivity index (χ2v) is 7.42. The van der Waals surface area contributed by atoms with Crippen LogP contribution in [0.5, 0.6) is 5.75 Å². The summed E-state index contributed by atoms with van der Waals surface area (Å²) in [5, 5.41) is 16.4. The van der Waals surface area contributed by atoms with Gasteiger partial charge in [0, 0.05) is 44.8 Å². The van der Waals surface area contributed by atoms with Gasteiger partial charge in [0.05, 0.1) is 6.04 Å². The van der Waals surface area contributed by atoms with Gasteiger partial charge in [0.15, 0.2) is 0 Å². The number of phenolic OH excluding ortho intramolecular Hbond substituents is 1. The van der Waals surface area contributed by atoms with Gasteiger partial charge in [-0.15, -0.1) is 0 Å². The molecule has 4 aromatic rings. The van der Waals surface area contributed by atoms with E-state index >= 15 is 0 Å². The molecule has 2 aromatic heterocycles. The highest BCUT2D eigenvalue weighted by molar-refractivity contribution is 6.35. The van der Waals surface area contributed by atoms with Crippen molar-refractivity contribution in [3.63, 3.8) is 0 Å². The molecule has 0 spiro atoms. The van der Waals surface area contributed by atoms with E-state index in [1.807, 2.05) is 43.3 Å². The van der Waals surface area contributed by atoms with E-state index in [1.165, 1.54) is 0 Å². The van der Waals surface area contributed by atoms with Crippen LogP contribution in [-0.2, 0) is 0 Å². The number of hydrogen-bond donors (Lipinski definition) is 2. The Hall–Kier alpha value is -2.82.